The van der Waals surface area contributed by atoms with Crippen LogP contribution in [0.5, 0.6) is 11.5 Å². The second kappa shape index (κ2) is 14.2. The van der Waals surface area contributed by atoms with E-state index in [1.165, 1.54) is 30.4 Å². The summed E-state index contributed by atoms with van der Waals surface area (Å²) in [7, 11) is 0. The smallest absolute Gasteiger partial charge is 0.410 e. The molecule has 0 N–H and O–H groups in total. The first-order valence-corrected chi connectivity index (χ1v) is 13.3. The number of aryl methyl sites for hydroxylation is 1. The van der Waals surface area contributed by atoms with Crippen molar-refractivity contribution in [2.45, 2.75) is 57.6 Å². The number of carbonyl (C=O) groups is 1. The Hall–Kier alpha value is -2.03. The Morgan fingerprint density at radius 2 is 1.70 bits per heavy atom. The van der Waals surface area contributed by atoms with Crippen molar-refractivity contribution in [1.29, 1.82) is 0 Å². The lowest BCUT2D eigenvalue weighted by Gasteiger charge is -2.36. The van der Waals surface area contributed by atoms with E-state index in [4.69, 9.17) is 14.2 Å². The van der Waals surface area contributed by atoms with Crippen LogP contribution in [0.25, 0.3) is 0 Å². The van der Waals surface area contributed by atoms with Gasteiger partial charge in [0.05, 0.1) is 6.04 Å². The molecule has 1 amide bonds. The third kappa shape index (κ3) is 7.74. The molecule has 0 aromatic heterocycles. The molecule has 3 aliphatic rings. The molecule has 37 heavy (non-hydrogen) atoms. The minimum Gasteiger partial charge on any atom is -0.486 e. The van der Waals surface area contributed by atoms with E-state index in [0.29, 0.717) is 13.2 Å². The predicted octanol–water partition coefficient (Wildman–Crippen LogP) is 5.17. The maximum atomic E-state index is 12.3. The molecular weight excluding hydrogens is 504 g/mol. The molecule has 0 saturated carbocycles. The van der Waals surface area contributed by atoms with Crippen LogP contribution in [0.2, 0.25) is 0 Å². The molecule has 0 spiro atoms. The molecule has 2 atom stereocenters. The van der Waals surface area contributed by atoms with Gasteiger partial charge in [-0.2, -0.15) is 27.0 Å². The number of cyclic esters (lactones) is 1. The van der Waals surface area contributed by atoms with Crippen LogP contribution in [0, 0.1) is 5.92 Å². The van der Waals surface area contributed by atoms with Crippen LogP contribution in [-0.4, -0.2) is 67.4 Å². The van der Waals surface area contributed by atoms with E-state index in [9.17, 15) is 4.79 Å². The fourth-order valence-electron chi connectivity index (χ4n) is 5.58. The fraction of sp³-hybridized carbons (Fsp3) is 0.552. The van der Waals surface area contributed by atoms with Crippen molar-refractivity contribution in [3.8, 4) is 11.5 Å². The van der Waals surface area contributed by atoms with Gasteiger partial charge in [-0.05, 0) is 80.8 Å². The van der Waals surface area contributed by atoms with E-state index < -0.39 is 0 Å². The lowest BCUT2D eigenvalue weighted by molar-refractivity contribution is 0.0469. The van der Waals surface area contributed by atoms with E-state index in [2.05, 4.69) is 48.2 Å². The van der Waals surface area contributed by atoms with Gasteiger partial charge < -0.3 is 19.1 Å². The Balaban J connectivity index is 0.00000190. The second-order valence-electron chi connectivity index (χ2n) is 10.2. The molecule has 0 unspecified atom stereocenters. The zero-order valence-corrected chi connectivity index (χ0v) is 23.9. The monoisotopic (exact) mass is 546 g/mol. The zero-order chi connectivity index (χ0) is 24.0. The highest BCUT2D eigenvalue weighted by molar-refractivity contribution is 7.59. The molecule has 0 radical (unpaired) electrons. The summed E-state index contributed by atoms with van der Waals surface area (Å²) < 4.78 is 17.6. The van der Waals surface area contributed by atoms with Crippen LogP contribution < -0.4 is 9.47 Å². The number of nitrogens with zero attached hydrogens (tertiary/aromatic N) is 2. The number of carbonyl (C=O) groups excluding carboxylic acids is 1. The first kappa shape index (κ1) is 29.5. The van der Waals surface area contributed by atoms with Crippen molar-refractivity contribution < 1.29 is 19.0 Å². The molecule has 3 aliphatic heterocycles. The topological polar surface area (TPSA) is 51.2 Å². The summed E-state index contributed by atoms with van der Waals surface area (Å²) in [6, 6.07) is 16.8. The maximum absolute atomic E-state index is 12.3. The summed E-state index contributed by atoms with van der Waals surface area (Å²) in [4.78, 5) is 16.7. The number of benzene rings is 2. The minimum absolute atomic E-state index is 0. The molecule has 2 aromatic rings. The van der Waals surface area contributed by atoms with E-state index >= 15 is 0 Å². The summed E-state index contributed by atoms with van der Waals surface area (Å²) in [5, 5.41) is 0. The zero-order valence-electron chi connectivity index (χ0n) is 21.9. The molecule has 6 nitrogen and oxygen atoms in total. The molecule has 5 rings (SSSR count). The van der Waals surface area contributed by atoms with Gasteiger partial charge in [0.25, 0.3) is 0 Å². The van der Waals surface area contributed by atoms with Crippen molar-refractivity contribution in [1.82, 2.24) is 9.80 Å². The van der Waals surface area contributed by atoms with Crippen LogP contribution in [-0.2, 0) is 17.6 Å². The Morgan fingerprint density at radius 1 is 0.919 bits per heavy atom. The number of piperidine rings is 1. The molecule has 8 heteroatoms. The largest absolute Gasteiger partial charge is 0.486 e. The highest BCUT2D eigenvalue weighted by Gasteiger charge is 2.33. The van der Waals surface area contributed by atoms with Crippen molar-refractivity contribution in [3.05, 3.63) is 59.7 Å². The van der Waals surface area contributed by atoms with Crippen molar-refractivity contribution >= 4 is 33.1 Å². The number of ether oxygens (including phenoxy) is 3. The lowest BCUT2D eigenvalue weighted by atomic mass is 9.92. The number of hydrogen-bond donors (Lipinski definition) is 0. The minimum atomic E-state index is -0.150. The maximum Gasteiger partial charge on any atom is 0.410 e. The summed E-state index contributed by atoms with van der Waals surface area (Å²) in [6.45, 7) is 7.21. The van der Waals surface area contributed by atoms with Crippen LogP contribution >= 0.6 is 27.0 Å². The van der Waals surface area contributed by atoms with Gasteiger partial charge in [-0.3, -0.25) is 4.90 Å². The van der Waals surface area contributed by atoms with Gasteiger partial charge in [-0.1, -0.05) is 43.3 Å². The number of likely N-dealkylation sites (tertiary alicyclic amines) is 1. The van der Waals surface area contributed by atoms with Crippen molar-refractivity contribution in [2.24, 2.45) is 5.92 Å². The SMILES string of the molecule is CCc1ccc2c(c1)O[C@@H](CN1CCC(CCCN3C(=O)OC[C@@H]3Cc3ccccc3)CC1)CO2.S.S. The number of rotatable bonds is 9. The molecule has 2 saturated heterocycles. The normalized spacial score (nSPS) is 21.6. The van der Waals surface area contributed by atoms with Gasteiger partial charge >= 0.3 is 6.09 Å². The highest BCUT2D eigenvalue weighted by Crippen LogP contribution is 2.33. The fourth-order valence-corrected chi connectivity index (χ4v) is 5.58. The Morgan fingerprint density at radius 3 is 2.46 bits per heavy atom. The number of fused-ring (bicyclic) bond motifs is 1. The third-order valence-electron chi connectivity index (χ3n) is 7.70. The van der Waals surface area contributed by atoms with Crippen LogP contribution in [0.15, 0.2) is 48.5 Å². The summed E-state index contributed by atoms with van der Waals surface area (Å²) in [5.41, 5.74) is 2.54. The van der Waals surface area contributed by atoms with Gasteiger partial charge in [0, 0.05) is 13.1 Å². The van der Waals surface area contributed by atoms with Crippen molar-refractivity contribution in [2.75, 3.05) is 39.4 Å². The highest BCUT2D eigenvalue weighted by atomic mass is 32.1. The number of hydrogen-bond acceptors (Lipinski definition) is 5. The predicted molar refractivity (Wildman–Crippen MR) is 157 cm³/mol. The Labute approximate surface area is 235 Å². The quantitative estimate of drug-likeness (QED) is 0.434. The Kier molecular flexibility index (Phi) is 11.3. The Bertz CT molecular complexity index is 985. The average Bonchev–Trinajstić information content (AvgIpc) is 3.24. The second-order valence-corrected chi connectivity index (χ2v) is 10.2. The molecule has 3 heterocycles. The first-order valence-electron chi connectivity index (χ1n) is 13.3. The molecule has 0 aliphatic carbocycles. The third-order valence-corrected chi connectivity index (χ3v) is 7.70. The van der Waals surface area contributed by atoms with Crippen molar-refractivity contribution in [3.63, 3.8) is 0 Å². The van der Waals surface area contributed by atoms with E-state index in [1.54, 1.807) is 0 Å². The van der Waals surface area contributed by atoms with Crippen LogP contribution in [0.3, 0.4) is 0 Å². The van der Waals surface area contributed by atoms with Crippen LogP contribution in [0.4, 0.5) is 4.79 Å². The standard InChI is InChI=1S/C29H38N2O4.2H2S/c1-2-22-10-11-27-28(18-22)35-26(21-33-27)19-30-15-12-23(13-16-30)9-6-14-31-25(20-34-29(31)32)17-24-7-4-3-5-8-24;;/h3-5,7-8,10-11,18,23,25-26H,2,6,9,12-17,19-21H2,1H3;2*1H2/t25-,26-;;/m0../s1. The molecule has 2 fully saturated rings. The van der Waals surface area contributed by atoms with Gasteiger partial charge in [0.2, 0.25) is 0 Å². The van der Waals surface area contributed by atoms with E-state index in [1.807, 2.05) is 17.0 Å². The first-order chi connectivity index (χ1) is 17.2. The van der Waals surface area contributed by atoms with Gasteiger partial charge in [0.1, 0.15) is 19.3 Å². The van der Waals surface area contributed by atoms with Crippen LogP contribution in [0.1, 0.15) is 43.7 Å². The number of amides is 1. The van der Waals surface area contributed by atoms with Gasteiger partial charge in [-0.15, -0.1) is 0 Å². The summed E-state index contributed by atoms with van der Waals surface area (Å²) >= 11 is 0. The van der Waals surface area contributed by atoms with E-state index in [-0.39, 0.29) is 45.2 Å². The molecular formula is C29H42N2O4S2. The molecule has 204 valence electrons. The van der Waals surface area contributed by atoms with E-state index in [0.717, 1.165) is 62.9 Å². The summed E-state index contributed by atoms with van der Waals surface area (Å²) in [5.74, 6) is 2.49. The van der Waals surface area contributed by atoms with Gasteiger partial charge in [-0.25, -0.2) is 4.79 Å². The lowest BCUT2D eigenvalue weighted by Crippen LogP contribution is -2.44. The van der Waals surface area contributed by atoms with Gasteiger partial charge in [0.15, 0.2) is 11.5 Å². The average molecular weight is 547 g/mol. The summed E-state index contributed by atoms with van der Waals surface area (Å²) in [6.07, 6.45) is 6.44. The molecule has 0 bridgehead atoms. The molecule has 2 aromatic carbocycles.